The second-order valence-electron chi connectivity index (χ2n) is 4.27. The van der Waals surface area contributed by atoms with E-state index in [9.17, 15) is 4.21 Å². The van der Waals surface area contributed by atoms with E-state index in [1.54, 1.807) is 0 Å². The van der Waals surface area contributed by atoms with Gasteiger partial charge in [0.05, 0.1) is 10.8 Å². The molecule has 16 heavy (non-hydrogen) atoms. The van der Waals surface area contributed by atoms with Crippen molar-refractivity contribution in [2.24, 2.45) is 0 Å². The fourth-order valence-corrected chi connectivity index (χ4v) is 3.02. The number of unbranched alkanes of at least 4 members (excludes halogenated alkanes) is 3. The van der Waals surface area contributed by atoms with E-state index in [1.165, 1.54) is 25.7 Å². The lowest BCUT2D eigenvalue weighted by atomic mass is 10.1. The standard InChI is InChI=1S/C14H22OS/c1-3-4-5-7-10-13(2)16(15)14-11-8-6-9-12-14/h6,8-9,11-13H,3-5,7,10H2,1-2H3/t13-,16-/m0/s1. The Bertz CT molecular complexity index is 308. The van der Waals surface area contributed by atoms with Gasteiger partial charge in [-0.25, -0.2) is 0 Å². The van der Waals surface area contributed by atoms with Gasteiger partial charge in [0.25, 0.3) is 0 Å². The predicted molar refractivity (Wildman–Crippen MR) is 71.1 cm³/mol. The summed E-state index contributed by atoms with van der Waals surface area (Å²) in [5, 5.41) is 0.277. The highest BCUT2D eigenvalue weighted by atomic mass is 32.2. The van der Waals surface area contributed by atoms with Crippen molar-refractivity contribution in [3.8, 4) is 0 Å². The topological polar surface area (TPSA) is 17.1 Å². The van der Waals surface area contributed by atoms with Gasteiger partial charge in [-0.2, -0.15) is 0 Å². The van der Waals surface area contributed by atoms with Crippen molar-refractivity contribution in [2.75, 3.05) is 0 Å². The lowest BCUT2D eigenvalue weighted by Gasteiger charge is -2.10. The number of hydrogen-bond acceptors (Lipinski definition) is 1. The summed E-state index contributed by atoms with van der Waals surface area (Å²) < 4.78 is 12.1. The van der Waals surface area contributed by atoms with E-state index in [2.05, 4.69) is 13.8 Å². The molecule has 90 valence electrons. The molecule has 0 spiro atoms. The number of benzene rings is 1. The number of rotatable bonds is 7. The highest BCUT2D eigenvalue weighted by molar-refractivity contribution is 7.85. The predicted octanol–water partition coefficient (Wildman–Crippen LogP) is 4.15. The van der Waals surface area contributed by atoms with Gasteiger partial charge in [0.1, 0.15) is 0 Å². The Morgan fingerprint density at radius 3 is 2.44 bits per heavy atom. The third-order valence-electron chi connectivity index (χ3n) is 2.81. The zero-order valence-electron chi connectivity index (χ0n) is 10.3. The molecule has 0 bridgehead atoms. The summed E-state index contributed by atoms with van der Waals surface area (Å²) in [5.74, 6) is 0. The van der Waals surface area contributed by atoms with Crippen molar-refractivity contribution >= 4 is 10.8 Å². The molecule has 0 amide bonds. The van der Waals surface area contributed by atoms with Gasteiger partial charge in [0.15, 0.2) is 0 Å². The highest BCUT2D eigenvalue weighted by Crippen LogP contribution is 2.16. The zero-order valence-corrected chi connectivity index (χ0v) is 11.1. The summed E-state index contributed by atoms with van der Waals surface area (Å²) in [7, 11) is -0.834. The first kappa shape index (κ1) is 13.4. The van der Waals surface area contributed by atoms with Gasteiger partial charge in [-0.3, -0.25) is 4.21 Å². The summed E-state index contributed by atoms with van der Waals surface area (Å²) in [5.41, 5.74) is 0. The van der Waals surface area contributed by atoms with Crippen LogP contribution in [-0.2, 0) is 10.8 Å². The Morgan fingerprint density at radius 2 is 1.81 bits per heavy atom. The normalized spacial score (nSPS) is 14.6. The van der Waals surface area contributed by atoms with Crippen molar-refractivity contribution in [1.82, 2.24) is 0 Å². The molecule has 0 heterocycles. The van der Waals surface area contributed by atoms with Crippen molar-refractivity contribution < 1.29 is 4.21 Å². The minimum atomic E-state index is -0.834. The van der Waals surface area contributed by atoms with Crippen LogP contribution in [0, 0.1) is 0 Å². The molecule has 1 aromatic rings. The molecule has 0 fully saturated rings. The minimum Gasteiger partial charge on any atom is -0.254 e. The molecule has 0 N–H and O–H groups in total. The van der Waals surface area contributed by atoms with Crippen molar-refractivity contribution in [3.63, 3.8) is 0 Å². The fraction of sp³-hybridized carbons (Fsp3) is 0.571. The maximum absolute atomic E-state index is 12.1. The van der Waals surface area contributed by atoms with E-state index in [0.717, 1.165) is 11.3 Å². The Hall–Kier alpha value is -0.630. The van der Waals surface area contributed by atoms with E-state index >= 15 is 0 Å². The molecular formula is C14H22OS. The van der Waals surface area contributed by atoms with Crippen LogP contribution in [0.4, 0.5) is 0 Å². The largest absolute Gasteiger partial charge is 0.254 e. The molecule has 0 aliphatic carbocycles. The van der Waals surface area contributed by atoms with Crippen LogP contribution in [0.3, 0.4) is 0 Å². The van der Waals surface area contributed by atoms with Gasteiger partial charge in [0.2, 0.25) is 0 Å². The Labute approximate surface area is 102 Å². The number of hydrogen-bond donors (Lipinski definition) is 0. The highest BCUT2D eigenvalue weighted by Gasteiger charge is 2.12. The molecule has 1 nitrogen and oxygen atoms in total. The first-order chi connectivity index (χ1) is 7.75. The summed E-state index contributed by atoms with van der Waals surface area (Å²) in [4.78, 5) is 0.963. The zero-order chi connectivity index (χ0) is 11.8. The lowest BCUT2D eigenvalue weighted by Crippen LogP contribution is -2.10. The van der Waals surface area contributed by atoms with Crippen LogP contribution in [0.15, 0.2) is 35.2 Å². The summed E-state index contributed by atoms with van der Waals surface area (Å²) in [6.45, 7) is 4.31. The van der Waals surface area contributed by atoms with Gasteiger partial charge < -0.3 is 0 Å². The average molecular weight is 238 g/mol. The van der Waals surface area contributed by atoms with E-state index in [4.69, 9.17) is 0 Å². The monoisotopic (exact) mass is 238 g/mol. The Kier molecular flexibility index (Phi) is 6.39. The van der Waals surface area contributed by atoms with Crippen LogP contribution in [-0.4, -0.2) is 9.46 Å². The Balaban J connectivity index is 2.37. The molecule has 2 atom stereocenters. The third-order valence-corrected chi connectivity index (χ3v) is 4.51. The summed E-state index contributed by atoms with van der Waals surface area (Å²) >= 11 is 0. The molecule has 0 saturated heterocycles. The van der Waals surface area contributed by atoms with Gasteiger partial charge in [0, 0.05) is 10.1 Å². The van der Waals surface area contributed by atoms with Crippen LogP contribution in [0.25, 0.3) is 0 Å². The van der Waals surface area contributed by atoms with E-state index in [1.807, 2.05) is 30.3 Å². The second kappa shape index (κ2) is 7.61. The van der Waals surface area contributed by atoms with E-state index in [0.29, 0.717) is 0 Å². The van der Waals surface area contributed by atoms with Crippen molar-refractivity contribution in [3.05, 3.63) is 30.3 Å². The van der Waals surface area contributed by atoms with Crippen LogP contribution < -0.4 is 0 Å². The van der Waals surface area contributed by atoms with Crippen LogP contribution >= 0.6 is 0 Å². The SMILES string of the molecule is CCCCCC[C@H](C)[S@](=O)c1ccccc1. The molecule has 0 aromatic heterocycles. The second-order valence-corrected chi connectivity index (χ2v) is 6.14. The van der Waals surface area contributed by atoms with E-state index in [-0.39, 0.29) is 5.25 Å². The Morgan fingerprint density at radius 1 is 1.12 bits per heavy atom. The van der Waals surface area contributed by atoms with Crippen LogP contribution in [0.2, 0.25) is 0 Å². The third kappa shape index (κ3) is 4.48. The summed E-state index contributed by atoms with van der Waals surface area (Å²) in [6.07, 6.45) is 6.10. The van der Waals surface area contributed by atoms with Gasteiger partial charge in [-0.05, 0) is 18.6 Å². The van der Waals surface area contributed by atoms with Crippen LogP contribution in [0.1, 0.15) is 46.0 Å². The smallest absolute Gasteiger partial charge is 0.0557 e. The van der Waals surface area contributed by atoms with Crippen molar-refractivity contribution in [1.29, 1.82) is 0 Å². The maximum atomic E-state index is 12.1. The molecule has 0 saturated carbocycles. The average Bonchev–Trinajstić information content (AvgIpc) is 2.34. The molecule has 2 heteroatoms. The molecule has 0 aliphatic heterocycles. The minimum absolute atomic E-state index is 0.277. The lowest BCUT2D eigenvalue weighted by molar-refractivity contribution is 0.614. The molecule has 0 aliphatic rings. The quantitative estimate of drug-likeness (QED) is 0.652. The molecule has 0 radical (unpaired) electrons. The fourth-order valence-electron chi connectivity index (χ4n) is 1.75. The summed E-state index contributed by atoms with van der Waals surface area (Å²) in [6, 6.07) is 9.79. The molecular weight excluding hydrogens is 216 g/mol. The first-order valence-electron chi connectivity index (χ1n) is 6.21. The van der Waals surface area contributed by atoms with Crippen LogP contribution in [0.5, 0.6) is 0 Å². The van der Waals surface area contributed by atoms with Crippen molar-refractivity contribution in [2.45, 2.75) is 56.1 Å². The first-order valence-corrected chi connectivity index (χ1v) is 7.42. The molecule has 1 aromatic carbocycles. The molecule has 0 unspecified atom stereocenters. The van der Waals surface area contributed by atoms with Gasteiger partial charge in [-0.15, -0.1) is 0 Å². The van der Waals surface area contributed by atoms with Gasteiger partial charge in [-0.1, -0.05) is 57.7 Å². The van der Waals surface area contributed by atoms with Gasteiger partial charge >= 0.3 is 0 Å². The molecule has 1 rings (SSSR count). The van der Waals surface area contributed by atoms with E-state index < -0.39 is 10.8 Å². The maximum Gasteiger partial charge on any atom is 0.0557 e.